The smallest absolute Gasteiger partial charge is 0.253 e. The van der Waals surface area contributed by atoms with Gasteiger partial charge in [-0.2, -0.15) is 0 Å². The Kier molecular flexibility index (Phi) is 2.66. The number of fused-ring (bicyclic) bond motifs is 1. The Morgan fingerprint density at radius 2 is 1.95 bits per heavy atom. The minimum atomic E-state index is -0.0358. The van der Waals surface area contributed by atoms with E-state index in [0.717, 1.165) is 29.4 Å². The van der Waals surface area contributed by atoms with Gasteiger partial charge in [0.15, 0.2) is 0 Å². The van der Waals surface area contributed by atoms with Crippen LogP contribution < -0.4 is 10.6 Å². The van der Waals surface area contributed by atoms with Crippen LogP contribution in [-0.2, 0) is 0 Å². The van der Waals surface area contributed by atoms with E-state index in [0.29, 0.717) is 5.56 Å². The molecule has 1 heterocycles. The summed E-state index contributed by atoms with van der Waals surface area (Å²) in [5.41, 5.74) is 0.627. The van der Waals surface area contributed by atoms with Crippen molar-refractivity contribution < 1.29 is 4.79 Å². The Hall–Kier alpha value is -2.10. The Morgan fingerprint density at radius 3 is 2.58 bits per heavy atom. The van der Waals surface area contributed by atoms with Crippen LogP contribution in [0.15, 0.2) is 30.5 Å². The molecule has 1 fully saturated rings. The van der Waals surface area contributed by atoms with Crippen LogP contribution in [-0.4, -0.2) is 23.5 Å². The van der Waals surface area contributed by atoms with Crippen LogP contribution in [0.5, 0.6) is 0 Å². The maximum absolute atomic E-state index is 12.3. The molecule has 1 amide bonds. The van der Waals surface area contributed by atoms with Gasteiger partial charge in [0, 0.05) is 24.2 Å². The minimum Gasteiger partial charge on any atom is -0.373 e. The highest BCUT2D eigenvalue weighted by molar-refractivity contribution is 6.09. The number of carbonyl (C=O) groups excluding carboxylic acids is 1. The SMILES string of the molecule is CNc1ncc(C(=O)NC2(C)CC2)c2ccccc12. The topological polar surface area (TPSA) is 54.0 Å². The van der Waals surface area contributed by atoms with E-state index in [4.69, 9.17) is 0 Å². The van der Waals surface area contributed by atoms with E-state index in [2.05, 4.69) is 22.5 Å². The Morgan fingerprint density at radius 1 is 1.26 bits per heavy atom. The van der Waals surface area contributed by atoms with Gasteiger partial charge in [0.25, 0.3) is 5.91 Å². The van der Waals surface area contributed by atoms with Crippen LogP contribution in [0.25, 0.3) is 10.8 Å². The summed E-state index contributed by atoms with van der Waals surface area (Å²) in [5, 5.41) is 8.04. The molecule has 0 unspecified atom stereocenters. The van der Waals surface area contributed by atoms with Crippen molar-refractivity contribution in [2.24, 2.45) is 0 Å². The summed E-state index contributed by atoms with van der Waals surface area (Å²) in [6.45, 7) is 2.07. The van der Waals surface area contributed by atoms with Crippen molar-refractivity contribution in [3.8, 4) is 0 Å². The molecule has 4 nitrogen and oxygen atoms in total. The molecule has 0 atom stereocenters. The normalized spacial score (nSPS) is 16.1. The van der Waals surface area contributed by atoms with E-state index < -0.39 is 0 Å². The molecule has 1 aliphatic carbocycles. The molecule has 98 valence electrons. The molecule has 4 heteroatoms. The molecular weight excluding hydrogens is 238 g/mol. The summed E-state index contributed by atoms with van der Waals surface area (Å²) >= 11 is 0. The lowest BCUT2D eigenvalue weighted by Crippen LogP contribution is -2.34. The highest BCUT2D eigenvalue weighted by Crippen LogP contribution is 2.35. The van der Waals surface area contributed by atoms with Crippen LogP contribution in [0, 0.1) is 0 Å². The van der Waals surface area contributed by atoms with E-state index in [9.17, 15) is 4.79 Å². The Labute approximate surface area is 112 Å². The summed E-state index contributed by atoms with van der Waals surface area (Å²) in [6, 6.07) is 7.83. The van der Waals surface area contributed by atoms with Crippen LogP contribution in [0.4, 0.5) is 5.82 Å². The molecular formula is C15H17N3O. The molecule has 3 rings (SSSR count). The van der Waals surface area contributed by atoms with Crippen LogP contribution in [0.2, 0.25) is 0 Å². The van der Waals surface area contributed by atoms with E-state index in [-0.39, 0.29) is 11.4 Å². The molecule has 1 saturated carbocycles. The quantitative estimate of drug-likeness (QED) is 0.886. The van der Waals surface area contributed by atoms with Gasteiger partial charge in [-0.3, -0.25) is 4.79 Å². The third-order valence-corrected chi connectivity index (χ3v) is 3.69. The van der Waals surface area contributed by atoms with Gasteiger partial charge >= 0.3 is 0 Å². The second-order valence-corrected chi connectivity index (χ2v) is 5.33. The molecule has 0 spiro atoms. The molecule has 0 radical (unpaired) electrons. The predicted octanol–water partition coefficient (Wildman–Crippen LogP) is 2.56. The molecule has 19 heavy (non-hydrogen) atoms. The number of aromatic nitrogens is 1. The zero-order chi connectivity index (χ0) is 13.5. The first-order valence-electron chi connectivity index (χ1n) is 6.51. The maximum atomic E-state index is 12.3. The summed E-state index contributed by atoms with van der Waals surface area (Å²) < 4.78 is 0. The van der Waals surface area contributed by atoms with Crippen molar-refractivity contribution in [2.75, 3.05) is 12.4 Å². The molecule has 0 aliphatic heterocycles. The predicted molar refractivity (Wildman–Crippen MR) is 76.4 cm³/mol. The summed E-state index contributed by atoms with van der Waals surface area (Å²) in [4.78, 5) is 16.7. The van der Waals surface area contributed by atoms with Gasteiger partial charge in [-0.15, -0.1) is 0 Å². The number of amides is 1. The molecule has 0 bridgehead atoms. The third kappa shape index (κ3) is 2.14. The van der Waals surface area contributed by atoms with Crippen LogP contribution in [0.3, 0.4) is 0 Å². The van der Waals surface area contributed by atoms with Gasteiger partial charge in [-0.05, 0) is 25.2 Å². The number of nitrogens with zero attached hydrogens (tertiary/aromatic N) is 1. The van der Waals surface area contributed by atoms with Crippen molar-refractivity contribution in [3.63, 3.8) is 0 Å². The summed E-state index contributed by atoms with van der Waals surface area (Å²) in [7, 11) is 1.83. The minimum absolute atomic E-state index is 0.0140. The monoisotopic (exact) mass is 255 g/mol. The number of hydrogen-bond donors (Lipinski definition) is 2. The van der Waals surface area contributed by atoms with Crippen molar-refractivity contribution in [3.05, 3.63) is 36.0 Å². The first kappa shape index (κ1) is 12.0. The lowest BCUT2D eigenvalue weighted by Gasteiger charge is -2.14. The number of benzene rings is 1. The van der Waals surface area contributed by atoms with Gasteiger partial charge in [0.05, 0.1) is 5.56 Å². The van der Waals surface area contributed by atoms with Gasteiger partial charge < -0.3 is 10.6 Å². The van der Waals surface area contributed by atoms with Crippen molar-refractivity contribution in [1.29, 1.82) is 0 Å². The number of hydrogen-bond acceptors (Lipinski definition) is 3. The lowest BCUT2D eigenvalue weighted by atomic mass is 10.1. The zero-order valence-corrected chi connectivity index (χ0v) is 11.2. The standard InChI is InChI=1S/C15H17N3O/c1-15(7-8-15)18-14(19)12-9-17-13(16-2)11-6-4-3-5-10(11)12/h3-6,9H,7-8H2,1-2H3,(H,16,17)(H,18,19). The average molecular weight is 255 g/mol. The lowest BCUT2D eigenvalue weighted by molar-refractivity contribution is 0.0937. The number of nitrogens with one attached hydrogen (secondary N) is 2. The van der Waals surface area contributed by atoms with Crippen LogP contribution >= 0.6 is 0 Å². The molecule has 1 aromatic carbocycles. The number of carbonyl (C=O) groups is 1. The number of pyridine rings is 1. The fourth-order valence-corrected chi connectivity index (χ4v) is 2.23. The second kappa shape index (κ2) is 4.23. The second-order valence-electron chi connectivity index (χ2n) is 5.33. The number of anilines is 1. The molecule has 1 aliphatic rings. The van der Waals surface area contributed by atoms with Gasteiger partial charge in [-0.25, -0.2) is 4.98 Å². The highest BCUT2D eigenvalue weighted by Gasteiger charge is 2.39. The fraction of sp³-hybridized carbons (Fsp3) is 0.333. The first-order chi connectivity index (χ1) is 9.13. The first-order valence-corrected chi connectivity index (χ1v) is 6.51. The zero-order valence-electron chi connectivity index (χ0n) is 11.2. The third-order valence-electron chi connectivity index (χ3n) is 3.69. The summed E-state index contributed by atoms with van der Waals surface area (Å²) in [6.07, 6.45) is 3.76. The van der Waals surface area contributed by atoms with E-state index >= 15 is 0 Å². The van der Waals surface area contributed by atoms with E-state index in [1.54, 1.807) is 6.20 Å². The van der Waals surface area contributed by atoms with Crippen molar-refractivity contribution in [1.82, 2.24) is 10.3 Å². The fourth-order valence-electron chi connectivity index (χ4n) is 2.23. The molecule has 0 saturated heterocycles. The Bertz CT molecular complexity index is 647. The maximum Gasteiger partial charge on any atom is 0.253 e. The largest absolute Gasteiger partial charge is 0.373 e. The van der Waals surface area contributed by atoms with Gasteiger partial charge in [-0.1, -0.05) is 24.3 Å². The van der Waals surface area contributed by atoms with E-state index in [1.165, 1.54) is 0 Å². The Balaban J connectivity index is 2.06. The van der Waals surface area contributed by atoms with Crippen molar-refractivity contribution >= 4 is 22.5 Å². The van der Waals surface area contributed by atoms with Crippen molar-refractivity contribution in [2.45, 2.75) is 25.3 Å². The van der Waals surface area contributed by atoms with Gasteiger partial charge in [0.2, 0.25) is 0 Å². The average Bonchev–Trinajstić information content (AvgIpc) is 3.14. The summed E-state index contributed by atoms with van der Waals surface area (Å²) in [5.74, 6) is 0.760. The van der Waals surface area contributed by atoms with E-state index in [1.807, 2.05) is 31.3 Å². The van der Waals surface area contributed by atoms with Gasteiger partial charge in [0.1, 0.15) is 5.82 Å². The highest BCUT2D eigenvalue weighted by atomic mass is 16.1. The molecule has 1 aromatic heterocycles. The molecule has 2 N–H and O–H groups in total. The number of rotatable bonds is 3. The molecule has 2 aromatic rings. The van der Waals surface area contributed by atoms with Crippen LogP contribution in [0.1, 0.15) is 30.1 Å².